The number of carbonyl (C=O) groups is 2. The lowest BCUT2D eigenvalue weighted by atomic mass is 10.0. The minimum atomic E-state index is -3.35. The molecule has 0 unspecified atom stereocenters. The van der Waals surface area contributed by atoms with Crippen LogP contribution in [0.3, 0.4) is 0 Å². The quantitative estimate of drug-likeness (QED) is 0.540. The Morgan fingerprint density at radius 2 is 1.83 bits per heavy atom. The number of hydrogen-bond donors (Lipinski definition) is 2. The van der Waals surface area contributed by atoms with Gasteiger partial charge in [-0.05, 0) is 48.9 Å². The molecule has 0 fully saturated rings. The van der Waals surface area contributed by atoms with Crippen LogP contribution in [0.25, 0.3) is 5.57 Å². The summed E-state index contributed by atoms with van der Waals surface area (Å²) >= 11 is 0. The highest BCUT2D eigenvalue weighted by atomic mass is 32.2. The maximum Gasteiger partial charge on any atom is 0.337 e. The summed E-state index contributed by atoms with van der Waals surface area (Å²) < 4.78 is 29.3. The molecule has 0 saturated heterocycles. The van der Waals surface area contributed by atoms with Crippen molar-refractivity contribution in [1.29, 1.82) is 0 Å². The van der Waals surface area contributed by atoms with E-state index in [0.29, 0.717) is 45.9 Å². The zero-order valence-electron chi connectivity index (χ0n) is 17.1. The van der Waals surface area contributed by atoms with E-state index in [1.165, 1.54) is 18.5 Å². The number of benzene rings is 2. The minimum Gasteiger partial charge on any atom is -0.465 e. The van der Waals surface area contributed by atoms with Crippen LogP contribution in [-0.2, 0) is 19.6 Å². The molecule has 158 valence electrons. The molecule has 2 N–H and O–H groups in total. The first-order valence-corrected chi connectivity index (χ1v) is 11.1. The van der Waals surface area contributed by atoms with Crippen molar-refractivity contribution in [3.05, 3.63) is 59.3 Å². The van der Waals surface area contributed by atoms with Crippen LogP contribution in [0.2, 0.25) is 0 Å². The van der Waals surface area contributed by atoms with Crippen LogP contribution in [0.4, 0.5) is 17.1 Å². The van der Waals surface area contributed by atoms with Crippen molar-refractivity contribution in [3.63, 3.8) is 0 Å². The molecule has 1 aliphatic heterocycles. The van der Waals surface area contributed by atoms with E-state index >= 15 is 0 Å². The summed E-state index contributed by atoms with van der Waals surface area (Å²) in [5.41, 5.74) is 3.97. The van der Waals surface area contributed by atoms with Gasteiger partial charge in [0.1, 0.15) is 0 Å². The Kier molecular flexibility index (Phi) is 5.84. The average Bonchev–Trinajstić information content (AvgIpc) is 3.05. The number of ether oxygens (including phenoxy) is 1. The molecule has 1 amide bonds. The summed E-state index contributed by atoms with van der Waals surface area (Å²) in [6, 6.07) is 11.8. The number of rotatable bonds is 6. The minimum absolute atomic E-state index is 0.259. The molecule has 8 nitrogen and oxygen atoms in total. The number of fused-ring (bicyclic) bond motifs is 1. The van der Waals surface area contributed by atoms with Gasteiger partial charge in [0.15, 0.2) is 0 Å². The fourth-order valence-corrected chi connectivity index (χ4v) is 3.66. The molecule has 1 heterocycles. The second-order valence-corrected chi connectivity index (χ2v) is 8.83. The summed E-state index contributed by atoms with van der Waals surface area (Å²) in [4.78, 5) is 24.5. The maximum absolute atomic E-state index is 12.6. The zero-order valence-corrected chi connectivity index (χ0v) is 18.0. The first kappa shape index (κ1) is 21.4. The highest BCUT2D eigenvalue weighted by Gasteiger charge is 2.28. The molecule has 9 heteroatoms. The lowest BCUT2D eigenvalue weighted by Gasteiger charge is -2.18. The monoisotopic (exact) mass is 429 g/mol. The Hall–Kier alpha value is -3.33. The Morgan fingerprint density at radius 3 is 2.40 bits per heavy atom. The number of nitrogens with one attached hydrogen (secondary N) is 2. The molecule has 0 atom stereocenters. The Morgan fingerprint density at radius 1 is 1.17 bits per heavy atom. The molecule has 2 aromatic carbocycles. The third-order valence-corrected chi connectivity index (χ3v) is 6.07. The molecule has 0 saturated carbocycles. The lowest BCUT2D eigenvalue weighted by Crippen LogP contribution is -2.24. The summed E-state index contributed by atoms with van der Waals surface area (Å²) in [7, 11) is -0.564. The molecule has 0 spiro atoms. The van der Waals surface area contributed by atoms with E-state index in [-0.39, 0.29) is 5.91 Å². The van der Waals surface area contributed by atoms with Gasteiger partial charge < -0.3 is 15.4 Å². The van der Waals surface area contributed by atoms with Crippen LogP contribution < -0.4 is 14.9 Å². The van der Waals surface area contributed by atoms with Crippen molar-refractivity contribution in [3.8, 4) is 0 Å². The van der Waals surface area contributed by atoms with Gasteiger partial charge in [0.25, 0.3) is 5.91 Å². The Labute approximate surface area is 175 Å². The van der Waals surface area contributed by atoms with Crippen molar-refractivity contribution < 1.29 is 22.7 Å². The average molecular weight is 429 g/mol. The topological polar surface area (TPSA) is 105 Å². The summed E-state index contributed by atoms with van der Waals surface area (Å²) in [5, 5.41) is 6.05. The molecule has 0 aliphatic carbocycles. The van der Waals surface area contributed by atoms with E-state index in [9.17, 15) is 18.0 Å². The van der Waals surface area contributed by atoms with Crippen LogP contribution in [0, 0.1) is 0 Å². The van der Waals surface area contributed by atoms with Gasteiger partial charge in [-0.15, -0.1) is 0 Å². The third kappa shape index (κ3) is 4.16. The van der Waals surface area contributed by atoms with Crippen molar-refractivity contribution >= 4 is 44.5 Å². The van der Waals surface area contributed by atoms with E-state index in [4.69, 9.17) is 4.74 Å². The Balaban J connectivity index is 1.96. The summed E-state index contributed by atoms with van der Waals surface area (Å²) in [6.45, 7) is 1.91. The molecule has 1 aliphatic rings. The van der Waals surface area contributed by atoms with Gasteiger partial charge in [0.2, 0.25) is 10.0 Å². The molecule has 0 aromatic heterocycles. The maximum atomic E-state index is 12.6. The fourth-order valence-electron chi connectivity index (χ4n) is 3.16. The van der Waals surface area contributed by atoms with Gasteiger partial charge in [-0.2, -0.15) is 0 Å². The highest BCUT2D eigenvalue weighted by Crippen LogP contribution is 2.36. The number of anilines is 3. The van der Waals surface area contributed by atoms with E-state index in [2.05, 4.69) is 10.6 Å². The van der Waals surface area contributed by atoms with Crippen LogP contribution in [0.1, 0.15) is 29.3 Å². The molecule has 3 rings (SSSR count). The van der Waals surface area contributed by atoms with Gasteiger partial charge in [0, 0.05) is 29.7 Å². The molecule has 0 bridgehead atoms. The largest absolute Gasteiger partial charge is 0.465 e. The molecule has 30 heavy (non-hydrogen) atoms. The number of hydrogen-bond acceptors (Lipinski definition) is 6. The number of allylic oxidation sites excluding steroid dienone is 1. The highest BCUT2D eigenvalue weighted by molar-refractivity contribution is 7.92. The first-order chi connectivity index (χ1) is 14.2. The molecule has 0 radical (unpaired) electrons. The molecular weight excluding hydrogens is 406 g/mol. The van der Waals surface area contributed by atoms with Gasteiger partial charge >= 0.3 is 5.97 Å². The summed E-state index contributed by atoms with van der Waals surface area (Å²) in [5.74, 6) is -0.738. The first-order valence-electron chi connectivity index (χ1n) is 9.24. The zero-order chi connectivity index (χ0) is 22.1. The second kappa shape index (κ2) is 8.19. The van der Waals surface area contributed by atoms with Crippen LogP contribution in [0.15, 0.2) is 48.2 Å². The van der Waals surface area contributed by atoms with Crippen LogP contribution >= 0.6 is 0 Å². The number of methoxy groups -OCH3 is 1. The SMILES string of the molecule is CC/C(Nc1ccc(N(C)S(C)(=O)=O)cc1)=C1/C(=O)Nc2ccc(C(=O)OC)cc21. The number of carbonyl (C=O) groups excluding carboxylic acids is 2. The van der Waals surface area contributed by atoms with Crippen LogP contribution in [0.5, 0.6) is 0 Å². The van der Waals surface area contributed by atoms with Crippen molar-refractivity contribution in [2.24, 2.45) is 0 Å². The summed E-state index contributed by atoms with van der Waals surface area (Å²) in [6.07, 6.45) is 1.67. The van der Waals surface area contributed by atoms with E-state index < -0.39 is 16.0 Å². The lowest BCUT2D eigenvalue weighted by molar-refractivity contribution is -0.110. The molecular formula is C21H23N3O5S. The normalized spacial score (nSPS) is 14.6. The predicted molar refractivity (Wildman–Crippen MR) is 117 cm³/mol. The van der Waals surface area contributed by atoms with E-state index in [1.807, 2.05) is 6.92 Å². The molecule has 2 aromatic rings. The number of amides is 1. The van der Waals surface area contributed by atoms with Gasteiger partial charge in [-0.3, -0.25) is 9.10 Å². The Bertz CT molecular complexity index is 1140. The predicted octanol–water partition coefficient (Wildman–Crippen LogP) is 3.05. The standard InChI is InChI=1S/C21H23N3O5S/c1-5-17(22-14-7-9-15(10-8-14)24(2)30(4,27)28)19-16-12-13(21(26)29-3)6-11-18(16)23-20(19)25/h6-12,22H,5H2,1-4H3,(H,23,25)/b19-17-. The van der Waals surface area contributed by atoms with Gasteiger partial charge in [0.05, 0.1) is 30.2 Å². The number of esters is 1. The van der Waals surface area contributed by atoms with E-state index in [1.54, 1.807) is 42.5 Å². The fraction of sp³-hybridized carbons (Fsp3) is 0.238. The number of sulfonamides is 1. The third-order valence-electron chi connectivity index (χ3n) is 4.86. The van der Waals surface area contributed by atoms with Crippen LogP contribution in [-0.4, -0.2) is 40.7 Å². The smallest absolute Gasteiger partial charge is 0.337 e. The number of nitrogens with zero attached hydrogens (tertiary/aromatic N) is 1. The van der Waals surface area contributed by atoms with Gasteiger partial charge in [-0.25, -0.2) is 13.2 Å². The van der Waals surface area contributed by atoms with Crippen molar-refractivity contribution in [2.45, 2.75) is 13.3 Å². The second-order valence-electron chi connectivity index (χ2n) is 6.82. The van der Waals surface area contributed by atoms with Crippen molar-refractivity contribution in [1.82, 2.24) is 0 Å². The van der Waals surface area contributed by atoms with Crippen molar-refractivity contribution in [2.75, 3.05) is 35.4 Å². The van der Waals surface area contributed by atoms with E-state index in [0.717, 1.165) is 6.26 Å². The van der Waals surface area contributed by atoms with Gasteiger partial charge in [-0.1, -0.05) is 6.92 Å².